The van der Waals surface area contributed by atoms with Gasteiger partial charge in [0.05, 0.1) is 23.9 Å². The lowest BCUT2D eigenvalue weighted by Gasteiger charge is -2.05. The first-order valence-corrected chi connectivity index (χ1v) is 7.84. The number of hydrogen-bond acceptors (Lipinski definition) is 7. The van der Waals surface area contributed by atoms with Crippen LogP contribution in [-0.4, -0.2) is 25.0 Å². The van der Waals surface area contributed by atoms with Gasteiger partial charge in [-0.05, 0) is 48.5 Å². The molecular weight excluding hydrogens is 330 g/mol. The summed E-state index contributed by atoms with van der Waals surface area (Å²) in [6.07, 6.45) is 3.14. The molecule has 4 rings (SSSR count). The molecule has 0 spiro atoms. The summed E-state index contributed by atoms with van der Waals surface area (Å²) in [5.41, 5.74) is 3.21. The van der Waals surface area contributed by atoms with Crippen LogP contribution in [0.4, 0.5) is 5.69 Å². The predicted molar refractivity (Wildman–Crippen MR) is 93.1 cm³/mol. The minimum atomic E-state index is 0.409. The Morgan fingerprint density at radius 1 is 1.04 bits per heavy atom. The Bertz CT molecular complexity index is 1030. The van der Waals surface area contributed by atoms with Gasteiger partial charge in [-0.25, -0.2) is 9.67 Å². The van der Waals surface area contributed by atoms with E-state index in [9.17, 15) is 0 Å². The van der Waals surface area contributed by atoms with Gasteiger partial charge in [0, 0.05) is 11.3 Å². The van der Waals surface area contributed by atoms with E-state index >= 15 is 0 Å². The molecule has 0 atom stereocenters. The molecule has 2 aromatic heterocycles. The van der Waals surface area contributed by atoms with E-state index in [1.165, 1.54) is 6.33 Å². The number of benzene rings is 2. The summed E-state index contributed by atoms with van der Waals surface area (Å²) in [6, 6.07) is 16.8. The highest BCUT2D eigenvalue weighted by molar-refractivity contribution is 5.54. The van der Waals surface area contributed by atoms with Crippen LogP contribution in [0.1, 0.15) is 11.5 Å². The van der Waals surface area contributed by atoms with Gasteiger partial charge in [-0.3, -0.25) is 0 Å². The van der Waals surface area contributed by atoms with Crippen LogP contribution in [-0.2, 0) is 6.54 Å². The standard InChI is InChI=1S/C18H13N7O/c19-9-13-1-3-14(4-2-13)18-24-23-17(26-18)10-21-15-5-7-16(8-6-15)25-12-20-11-22-25/h1-8,11-12,21H,10H2. The molecule has 126 valence electrons. The van der Waals surface area contributed by atoms with E-state index in [1.54, 1.807) is 35.3 Å². The summed E-state index contributed by atoms with van der Waals surface area (Å²) in [5.74, 6) is 0.900. The molecule has 0 amide bonds. The van der Waals surface area contributed by atoms with Gasteiger partial charge in [0.2, 0.25) is 11.8 Å². The fraction of sp³-hybridized carbons (Fsp3) is 0.0556. The van der Waals surface area contributed by atoms with Crippen molar-refractivity contribution in [2.75, 3.05) is 5.32 Å². The van der Waals surface area contributed by atoms with Crippen LogP contribution in [0.25, 0.3) is 17.1 Å². The molecular formula is C18H13N7O. The highest BCUT2D eigenvalue weighted by Gasteiger charge is 2.08. The first kappa shape index (κ1) is 15.5. The molecule has 4 aromatic rings. The summed E-state index contributed by atoms with van der Waals surface area (Å²) in [5, 5.41) is 24.2. The fourth-order valence-electron chi connectivity index (χ4n) is 2.38. The van der Waals surface area contributed by atoms with E-state index in [1.807, 2.05) is 24.3 Å². The predicted octanol–water partition coefficient (Wildman–Crippen LogP) is 2.80. The Labute approximate surface area is 148 Å². The Kier molecular flexibility index (Phi) is 4.10. The summed E-state index contributed by atoms with van der Waals surface area (Å²) >= 11 is 0. The third kappa shape index (κ3) is 3.27. The molecule has 0 unspecified atom stereocenters. The van der Waals surface area contributed by atoms with Gasteiger partial charge in [0.15, 0.2) is 0 Å². The second-order valence-corrected chi connectivity index (χ2v) is 5.43. The second kappa shape index (κ2) is 6.86. The van der Waals surface area contributed by atoms with E-state index in [0.29, 0.717) is 23.9 Å². The maximum atomic E-state index is 8.83. The van der Waals surface area contributed by atoms with Crippen molar-refractivity contribution in [1.82, 2.24) is 25.0 Å². The third-order valence-electron chi connectivity index (χ3n) is 3.72. The molecule has 0 aliphatic rings. The van der Waals surface area contributed by atoms with Crippen LogP contribution in [0.15, 0.2) is 65.6 Å². The SMILES string of the molecule is N#Cc1ccc(-c2nnc(CNc3ccc(-n4cncn4)cc3)o2)cc1. The van der Waals surface area contributed by atoms with Gasteiger partial charge >= 0.3 is 0 Å². The minimum Gasteiger partial charge on any atom is -0.419 e. The number of aromatic nitrogens is 5. The van der Waals surface area contributed by atoms with Crippen molar-refractivity contribution in [3.8, 4) is 23.2 Å². The summed E-state index contributed by atoms with van der Waals surface area (Å²) in [7, 11) is 0. The molecule has 0 saturated heterocycles. The first-order valence-electron chi connectivity index (χ1n) is 7.84. The van der Waals surface area contributed by atoms with Gasteiger partial charge in [-0.1, -0.05) is 0 Å². The minimum absolute atomic E-state index is 0.409. The Hall–Kier alpha value is -3.99. The van der Waals surface area contributed by atoms with Crippen LogP contribution < -0.4 is 5.32 Å². The van der Waals surface area contributed by atoms with E-state index < -0.39 is 0 Å². The molecule has 0 radical (unpaired) electrons. The fourth-order valence-corrected chi connectivity index (χ4v) is 2.38. The van der Waals surface area contributed by atoms with Crippen LogP contribution >= 0.6 is 0 Å². The monoisotopic (exact) mass is 343 g/mol. The average Bonchev–Trinajstić information content (AvgIpc) is 3.39. The van der Waals surface area contributed by atoms with Crippen molar-refractivity contribution in [2.24, 2.45) is 0 Å². The number of anilines is 1. The van der Waals surface area contributed by atoms with E-state index in [0.717, 1.165) is 16.9 Å². The number of hydrogen-bond donors (Lipinski definition) is 1. The molecule has 1 N–H and O–H groups in total. The summed E-state index contributed by atoms with van der Waals surface area (Å²) in [6.45, 7) is 0.409. The first-order chi connectivity index (χ1) is 12.8. The zero-order valence-electron chi connectivity index (χ0n) is 13.6. The summed E-state index contributed by atoms with van der Waals surface area (Å²) in [4.78, 5) is 3.93. The van der Waals surface area contributed by atoms with E-state index in [2.05, 4.69) is 31.7 Å². The topological polar surface area (TPSA) is 105 Å². The zero-order valence-corrected chi connectivity index (χ0v) is 13.6. The highest BCUT2D eigenvalue weighted by atomic mass is 16.4. The maximum Gasteiger partial charge on any atom is 0.247 e. The molecule has 2 aromatic carbocycles. The molecule has 2 heterocycles. The Morgan fingerprint density at radius 3 is 2.54 bits per heavy atom. The number of nitrogens with one attached hydrogen (secondary N) is 1. The van der Waals surface area contributed by atoms with Crippen LogP contribution in [0.2, 0.25) is 0 Å². The maximum absolute atomic E-state index is 8.83. The lowest BCUT2D eigenvalue weighted by atomic mass is 10.1. The number of rotatable bonds is 5. The molecule has 0 aliphatic carbocycles. The molecule has 0 saturated carbocycles. The van der Waals surface area contributed by atoms with Gasteiger partial charge < -0.3 is 9.73 Å². The van der Waals surface area contributed by atoms with Gasteiger partial charge in [0.1, 0.15) is 12.7 Å². The quantitative estimate of drug-likeness (QED) is 0.594. The number of nitriles is 1. The van der Waals surface area contributed by atoms with Crippen molar-refractivity contribution in [3.63, 3.8) is 0 Å². The Morgan fingerprint density at radius 2 is 1.85 bits per heavy atom. The lowest BCUT2D eigenvalue weighted by Crippen LogP contribution is -2.00. The Balaban J connectivity index is 1.40. The second-order valence-electron chi connectivity index (χ2n) is 5.43. The van der Waals surface area contributed by atoms with Gasteiger partial charge in [-0.15, -0.1) is 10.2 Å². The lowest BCUT2D eigenvalue weighted by molar-refractivity contribution is 0.515. The van der Waals surface area contributed by atoms with E-state index in [4.69, 9.17) is 9.68 Å². The van der Waals surface area contributed by atoms with Crippen molar-refractivity contribution in [2.45, 2.75) is 6.54 Å². The smallest absolute Gasteiger partial charge is 0.247 e. The van der Waals surface area contributed by atoms with Crippen LogP contribution in [0, 0.1) is 11.3 Å². The molecule has 0 aliphatic heterocycles. The molecule has 8 heteroatoms. The van der Waals surface area contributed by atoms with Crippen molar-refractivity contribution >= 4 is 5.69 Å². The van der Waals surface area contributed by atoms with Crippen LogP contribution in [0.3, 0.4) is 0 Å². The third-order valence-corrected chi connectivity index (χ3v) is 3.72. The van der Waals surface area contributed by atoms with Crippen molar-refractivity contribution in [1.29, 1.82) is 5.26 Å². The zero-order chi connectivity index (χ0) is 17.8. The normalized spacial score (nSPS) is 10.4. The summed E-state index contributed by atoms with van der Waals surface area (Å²) < 4.78 is 7.34. The van der Waals surface area contributed by atoms with E-state index in [-0.39, 0.29) is 0 Å². The van der Waals surface area contributed by atoms with Crippen molar-refractivity contribution in [3.05, 3.63) is 72.6 Å². The molecule has 0 fully saturated rings. The van der Waals surface area contributed by atoms with Gasteiger partial charge in [-0.2, -0.15) is 10.4 Å². The number of nitrogens with zero attached hydrogens (tertiary/aromatic N) is 6. The highest BCUT2D eigenvalue weighted by Crippen LogP contribution is 2.19. The molecule has 8 nitrogen and oxygen atoms in total. The molecule has 26 heavy (non-hydrogen) atoms. The average molecular weight is 343 g/mol. The van der Waals surface area contributed by atoms with Gasteiger partial charge in [0.25, 0.3) is 0 Å². The van der Waals surface area contributed by atoms with Crippen LogP contribution in [0.5, 0.6) is 0 Å². The largest absolute Gasteiger partial charge is 0.419 e. The van der Waals surface area contributed by atoms with Crippen molar-refractivity contribution < 1.29 is 4.42 Å². The molecule has 0 bridgehead atoms.